The monoisotopic (exact) mass is 671 g/mol. The fourth-order valence-electron chi connectivity index (χ4n) is 9.56. The molecule has 1 aliphatic carbocycles. The summed E-state index contributed by atoms with van der Waals surface area (Å²) >= 11 is 0. The molecule has 50 heavy (non-hydrogen) atoms. The van der Waals surface area contributed by atoms with Gasteiger partial charge in [0.15, 0.2) is 0 Å². The second kappa shape index (κ2) is 18.1. The minimum atomic E-state index is 0.0263. The van der Waals surface area contributed by atoms with Gasteiger partial charge in [0, 0.05) is 28.6 Å². The van der Waals surface area contributed by atoms with Crippen molar-refractivity contribution in [1.29, 1.82) is 0 Å². The van der Waals surface area contributed by atoms with Crippen LogP contribution in [0.25, 0.3) is 0 Å². The van der Waals surface area contributed by atoms with E-state index in [9.17, 15) is 0 Å². The van der Waals surface area contributed by atoms with Gasteiger partial charge in [-0.1, -0.05) is 146 Å². The Hall–Kier alpha value is -3.52. The molecule has 0 heterocycles. The van der Waals surface area contributed by atoms with E-state index in [-0.39, 0.29) is 5.41 Å². The van der Waals surface area contributed by atoms with Crippen LogP contribution < -0.4 is 11.5 Å². The van der Waals surface area contributed by atoms with Crippen molar-refractivity contribution in [1.82, 2.24) is 0 Å². The van der Waals surface area contributed by atoms with Crippen molar-refractivity contribution in [3.05, 3.63) is 129 Å². The maximum absolute atomic E-state index is 6.15. The molecule has 0 bridgehead atoms. The molecular formula is C48H66N2. The van der Waals surface area contributed by atoms with Gasteiger partial charge in [-0.05, 0) is 121 Å². The van der Waals surface area contributed by atoms with Crippen molar-refractivity contribution in [2.45, 2.75) is 148 Å². The molecule has 1 aliphatic rings. The predicted molar refractivity (Wildman–Crippen MR) is 218 cm³/mol. The number of hydrogen-bond donors (Lipinski definition) is 2. The largest absolute Gasteiger partial charge is 0.399 e. The first-order valence-corrected chi connectivity index (χ1v) is 20.2. The van der Waals surface area contributed by atoms with Gasteiger partial charge in [-0.15, -0.1) is 0 Å². The SMILES string of the molecule is CCCCCCCCCC(c1ccc(C(CC)c2ccc(N)cc2C)cc1)(c1ccc(C(CC)c2ccc(N)cc2C)cc1)C1CCCCC1. The number of benzene rings is 4. The number of rotatable bonds is 17. The molecule has 2 heteroatoms. The molecule has 1 fully saturated rings. The molecule has 2 unspecified atom stereocenters. The normalized spacial score (nSPS) is 16.2. The zero-order chi connectivity index (χ0) is 35.5. The minimum Gasteiger partial charge on any atom is -0.399 e. The predicted octanol–water partition coefficient (Wildman–Crippen LogP) is 13.6. The first-order valence-electron chi connectivity index (χ1n) is 20.2. The van der Waals surface area contributed by atoms with Crippen LogP contribution in [0, 0.1) is 19.8 Å². The van der Waals surface area contributed by atoms with E-state index in [1.54, 1.807) is 0 Å². The summed E-state index contributed by atoms with van der Waals surface area (Å²) in [4.78, 5) is 0. The molecule has 1 saturated carbocycles. The van der Waals surface area contributed by atoms with Gasteiger partial charge >= 0.3 is 0 Å². The van der Waals surface area contributed by atoms with Crippen molar-refractivity contribution >= 4 is 11.4 Å². The molecule has 0 spiro atoms. The number of hydrogen-bond acceptors (Lipinski definition) is 2. The fourth-order valence-corrected chi connectivity index (χ4v) is 9.56. The third-order valence-corrected chi connectivity index (χ3v) is 12.3. The summed E-state index contributed by atoms with van der Waals surface area (Å²) in [5, 5.41) is 0. The van der Waals surface area contributed by atoms with E-state index in [4.69, 9.17) is 11.5 Å². The Bertz CT molecular complexity index is 1510. The molecule has 0 aromatic heterocycles. The van der Waals surface area contributed by atoms with Crippen LogP contribution in [0.1, 0.15) is 173 Å². The van der Waals surface area contributed by atoms with Crippen LogP contribution in [-0.4, -0.2) is 0 Å². The maximum atomic E-state index is 6.15. The molecular weight excluding hydrogens is 605 g/mol. The molecule has 0 radical (unpaired) electrons. The van der Waals surface area contributed by atoms with Crippen molar-refractivity contribution in [3.8, 4) is 0 Å². The molecule has 2 atom stereocenters. The Morgan fingerprint density at radius 1 is 0.560 bits per heavy atom. The summed E-state index contributed by atoms with van der Waals surface area (Å²) in [6, 6.07) is 32.9. The standard InChI is InChI=1S/C48H66N2/c1-6-9-10-11-12-13-17-32-48(39-18-15-14-16-19-39,40-24-20-37(21-25-40)44(7-2)46-30-28-42(49)33-35(46)4)41-26-22-38(23-27-41)45(8-3)47-31-29-43(50)34-36(47)5/h20-31,33-34,39,44-45H,6-19,32,49-50H2,1-5H3. The molecule has 0 saturated heterocycles. The van der Waals surface area contributed by atoms with Crippen LogP contribution in [0.15, 0.2) is 84.9 Å². The lowest BCUT2D eigenvalue weighted by molar-refractivity contribution is 0.220. The van der Waals surface area contributed by atoms with Crippen LogP contribution in [0.5, 0.6) is 0 Å². The van der Waals surface area contributed by atoms with Crippen LogP contribution in [0.3, 0.4) is 0 Å². The molecule has 268 valence electrons. The van der Waals surface area contributed by atoms with Gasteiger partial charge in [-0.25, -0.2) is 0 Å². The minimum absolute atomic E-state index is 0.0263. The highest BCUT2D eigenvalue weighted by Crippen LogP contribution is 2.50. The zero-order valence-electron chi connectivity index (χ0n) is 32.1. The second-order valence-electron chi connectivity index (χ2n) is 15.6. The zero-order valence-corrected chi connectivity index (χ0v) is 32.1. The Morgan fingerprint density at radius 3 is 1.42 bits per heavy atom. The van der Waals surface area contributed by atoms with Gasteiger partial charge in [0.05, 0.1) is 0 Å². The topological polar surface area (TPSA) is 52.0 Å². The van der Waals surface area contributed by atoms with E-state index in [1.807, 2.05) is 0 Å². The lowest BCUT2D eigenvalue weighted by Crippen LogP contribution is -2.38. The summed E-state index contributed by atoms with van der Waals surface area (Å²) in [7, 11) is 0. The second-order valence-corrected chi connectivity index (χ2v) is 15.6. The van der Waals surface area contributed by atoms with Gasteiger partial charge in [0.1, 0.15) is 0 Å². The van der Waals surface area contributed by atoms with Crippen LogP contribution in [0.2, 0.25) is 0 Å². The highest BCUT2D eigenvalue weighted by atomic mass is 14.5. The summed E-state index contributed by atoms with van der Waals surface area (Å²) in [5.41, 5.74) is 25.3. The maximum Gasteiger partial charge on any atom is 0.0316 e. The molecule has 0 amide bonds. The Kier molecular flexibility index (Phi) is 13.7. The number of anilines is 2. The summed E-state index contributed by atoms with van der Waals surface area (Å²) in [5.74, 6) is 1.41. The fraction of sp³-hybridized carbons (Fsp3) is 0.500. The third-order valence-electron chi connectivity index (χ3n) is 12.3. The van der Waals surface area contributed by atoms with E-state index < -0.39 is 0 Å². The Morgan fingerprint density at radius 2 is 1.00 bits per heavy atom. The first-order chi connectivity index (χ1) is 24.3. The molecule has 4 aromatic rings. The molecule has 4 aromatic carbocycles. The van der Waals surface area contributed by atoms with Gasteiger partial charge in [0.2, 0.25) is 0 Å². The number of nitrogen functional groups attached to an aromatic ring is 2. The van der Waals surface area contributed by atoms with E-state index in [2.05, 4.69) is 120 Å². The lowest BCUT2D eigenvalue weighted by atomic mass is 9.59. The highest BCUT2D eigenvalue weighted by Gasteiger charge is 2.42. The number of aryl methyl sites for hydroxylation is 2. The third kappa shape index (κ3) is 8.67. The van der Waals surface area contributed by atoms with Crippen LogP contribution in [0.4, 0.5) is 11.4 Å². The lowest BCUT2D eigenvalue weighted by Gasteiger charge is -2.45. The van der Waals surface area contributed by atoms with E-state index >= 15 is 0 Å². The summed E-state index contributed by atoms with van der Waals surface area (Å²) < 4.78 is 0. The molecule has 5 rings (SSSR count). The van der Waals surface area contributed by atoms with Crippen molar-refractivity contribution < 1.29 is 0 Å². The smallest absolute Gasteiger partial charge is 0.0316 e. The van der Waals surface area contributed by atoms with E-state index in [1.165, 1.54) is 128 Å². The van der Waals surface area contributed by atoms with Gasteiger partial charge in [0.25, 0.3) is 0 Å². The van der Waals surface area contributed by atoms with Gasteiger partial charge < -0.3 is 11.5 Å². The van der Waals surface area contributed by atoms with Crippen molar-refractivity contribution in [3.63, 3.8) is 0 Å². The average Bonchev–Trinajstić information content (AvgIpc) is 3.13. The summed E-state index contributed by atoms with van der Waals surface area (Å²) in [6.07, 6.45) is 19.5. The average molecular weight is 671 g/mol. The quantitative estimate of drug-likeness (QED) is 0.0867. The van der Waals surface area contributed by atoms with Gasteiger partial charge in [-0.3, -0.25) is 0 Å². The Labute approximate surface area is 305 Å². The van der Waals surface area contributed by atoms with E-state index in [0.29, 0.717) is 17.8 Å². The highest BCUT2D eigenvalue weighted by molar-refractivity contribution is 5.51. The van der Waals surface area contributed by atoms with Crippen molar-refractivity contribution in [2.75, 3.05) is 11.5 Å². The number of nitrogens with two attached hydrogens (primary N) is 2. The van der Waals surface area contributed by atoms with Crippen LogP contribution in [-0.2, 0) is 5.41 Å². The number of unbranched alkanes of at least 4 members (excludes halogenated alkanes) is 6. The molecule has 0 aliphatic heterocycles. The summed E-state index contributed by atoms with van der Waals surface area (Å²) in [6.45, 7) is 11.4. The van der Waals surface area contributed by atoms with Crippen LogP contribution >= 0.6 is 0 Å². The first kappa shape index (κ1) is 37.7. The molecule has 2 nitrogen and oxygen atoms in total. The van der Waals surface area contributed by atoms with Crippen molar-refractivity contribution in [2.24, 2.45) is 5.92 Å². The molecule has 4 N–H and O–H groups in total. The van der Waals surface area contributed by atoms with E-state index in [0.717, 1.165) is 24.2 Å². The van der Waals surface area contributed by atoms with Gasteiger partial charge in [-0.2, -0.15) is 0 Å². The Balaban J connectivity index is 1.54.